The molecule has 0 fully saturated rings. The average molecular weight is 1240 g/mol. The monoisotopic (exact) mass is 1240 g/mol. The van der Waals surface area contributed by atoms with Crippen molar-refractivity contribution in [1.82, 2.24) is 0 Å². The summed E-state index contributed by atoms with van der Waals surface area (Å²) in [6.45, 7) is 0. The van der Waals surface area contributed by atoms with Gasteiger partial charge < -0.3 is 10.0 Å². The summed E-state index contributed by atoms with van der Waals surface area (Å²) in [7, 11) is -1.55. The van der Waals surface area contributed by atoms with Crippen molar-refractivity contribution in [2.24, 2.45) is 0 Å². The molecule has 18 rings (SSSR count). The summed E-state index contributed by atoms with van der Waals surface area (Å²) in [5, 5.41) is 44.6. The molecule has 0 saturated heterocycles. The van der Waals surface area contributed by atoms with Crippen LogP contribution in [0.5, 0.6) is 0 Å². The van der Waals surface area contributed by atoms with Crippen molar-refractivity contribution < 1.29 is 10.0 Å². The van der Waals surface area contributed by atoms with Crippen molar-refractivity contribution in [1.29, 1.82) is 0 Å². The van der Waals surface area contributed by atoms with E-state index in [0.717, 1.165) is 37.1 Å². The highest BCUT2D eigenvalue weighted by molar-refractivity contribution is 9.10. The Labute approximate surface area is 542 Å². The van der Waals surface area contributed by atoms with Gasteiger partial charge in [0.15, 0.2) is 0 Å². The van der Waals surface area contributed by atoms with Gasteiger partial charge in [0.1, 0.15) is 0 Å². The molecule has 0 unspecified atom stereocenters. The van der Waals surface area contributed by atoms with Crippen LogP contribution < -0.4 is 5.46 Å². The van der Waals surface area contributed by atoms with Gasteiger partial charge in [-0.15, -0.1) is 0 Å². The molecular weight excluding hydrogens is 1180 g/mol. The standard InChI is InChI=1S/C44H28.C30H21BO2.C14H9Br/c1-2-12-29(13-3-1)34-26-27-41(36-17-7-6-16-35(34)36)44-39-20-10-8-18-37(39)43(38-19-9-11-21-40(38)44)32-25-24-31-23-22-30-14-4-5-15-33(30)42(31)28-32;32-31(33)30-27-16-8-6-14-24(27)29(25-15-7-9-17-28(25)30)26-19-18-21(20-10-2-1-3-11-20)22-12-4-5-13-23(22)26;15-12-8-7-11-6-5-10-3-1-2-4-13(10)14(11)9-12/h1-28H;1-19,32-33H;1-9H. The normalized spacial score (nSPS) is 11.4. The van der Waals surface area contributed by atoms with Crippen LogP contribution in [-0.4, -0.2) is 17.2 Å². The lowest BCUT2D eigenvalue weighted by Crippen LogP contribution is -2.31. The highest BCUT2D eigenvalue weighted by Crippen LogP contribution is 2.48. The van der Waals surface area contributed by atoms with Gasteiger partial charge in [-0.2, -0.15) is 0 Å². The van der Waals surface area contributed by atoms with Crippen molar-refractivity contribution in [2.75, 3.05) is 0 Å². The summed E-state index contributed by atoms with van der Waals surface area (Å²) < 4.78 is 1.13. The summed E-state index contributed by atoms with van der Waals surface area (Å²) in [4.78, 5) is 0. The lowest BCUT2D eigenvalue weighted by molar-refractivity contribution is 0.426. The van der Waals surface area contributed by atoms with E-state index in [1.54, 1.807) is 0 Å². The van der Waals surface area contributed by atoms with Gasteiger partial charge in [0.05, 0.1) is 0 Å². The molecule has 92 heavy (non-hydrogen) atoms. The molecule has 0 heterocycles. The maximum atomic E-state index is 10.3. The van der Waals surface area contributed by atoms with Crippen molar-refractivity contribution >= 4 is 136 Å². The molecule has 0 spiro atoms. The quantitative estimate of drug-likeness (QED) is 0.0990. The van der Waals surface area contributed by atoms with E-state index in [1.165, 1.54) is 131 Å². The number of hydrogen-bond acceptors (Lipinski definition) is 2. The third-order valence-electron chi connectivity index (χ3n) is 18.5. The molecule has 2 N–H and O–H groups in total. The number of fused-ring (bicyclic) bond motifs is 12. The summed E-state index contributed by atoms with van der Waals surface area (Å²) in [5.41, 5.74) is 12.8. The van der Waals surface area contributed by atoms with Gasteiger partial charge in [-0.25, -0.2) is 0 Å². The molecule has 0 aliphatic carbocycles. The maximum absolute atomic E-state index is 10.3. The van der Waals surface area contributed by atoms with Crippen molar-refractivity contribution in [2.45, 2.75) is 0 Å². The Morgan fingerprint density at radius 2 is 0.478 bits per heavy atom. The minimum absolute atomic E-state index is 0.551. The van der Waals surface area contributed by atoms with E-state index < -0.39 is 7.12 Å². The molecule has 0 aromatic heterocycles. The van der Waals surface area contributed by atoms with Gasteiger partial charge >= 0.3 is 7.12 Å². The van der Waals surface area contributed by atoms with E-state index in [4.69, 9.17) is 0 Å². The van der Waals surface area contributed by atoms with E-state index in [0.29, 0.717) is 5.46 Å². The van der Waals surface area contributed by atoms with Crippen LogP contribution in [0.2, 0.25) is 0 Å². The van der Waals surface area contributed by atoms with E-state index in [1.807, 2.05) is 42.5 Å². The van der Waals surface area contributed by atoms with Crippen LogP contribution in [-0.2, 0) is 0 Å². The van der Waals surface area contributed by atoms with Gasteiger partial charge in [-0.3, -0.25) is 0 Å². The smallest absolute Gasteiger partial charge is 0.423 e. The Bertz CT molecular complexity index is 5770. The average Bonchev–Trinajstić information content (AvgIpc) is 3.47. The molecular formula is C88H58BBrO2. The lowest BCUT2D eigenvalue weighted by Gasteiger charge is -2.20. The Kier molecular flexibility index (Phi) is 14.7. The van der Waals surface area contributed by atoms with Gasteiger partial charge in [0, 0.05) is 4.47 Å². The molecule has 0 bridgehead atoms. The number of hydrogen-bond donors (Lipinski definition) is 2. The largest absolute Gasteiger partial charge is 0.489 e. The fourth-order valence-corrected chi connectivity index (χ4v) is 14.7. The maximum Gasteiger partial charge on any atom is 0.489 e. The molecule has 0 radical (unpaired) electrons. The first-order chi connectivity index (χ1) is 45.4. The molecule has 0 amide bonds. The molecule has 4 heteroatoms. The second-order valence-electron chi connectivity index (χ2n) is 23.6. The topological polar surface area (TPSA) is 40.5 Å². The van der Waals surface area contributed by atoms with Crippen molar-refractivity contribution in [3.63, 3.8) is 0 Å². The first-order valence-electron chi connectivity index (χ1n) is 31.3. The molecule has 0 aliphatic heterocycles. The highest BCUT2D eigenvalue weighted by atomic mass is 79.9. The van der Waals surface area contributed by atoms with Crippen LogP contribution >= 0.6 is 15.9 Å². The predicted molar refractivity (Wildman–Crippen MR) is 399 cm³/mol. The summed E-state index contributed by atoms with van der Waals surface area (Å²) in [6, 6.07) is 121. The Morgan fingerprint density at radius 1 is 0.196 bits per heavy atom. The summed E-state index contributed by atoms with van der Waals surface area (Å²) in [6.07, 6.45) is 0. The third-order valence-corrected chi connectivity index (χ3v) is 19.0. The SMILES string of the molecule is Brc1ccc2ccc3ccccc3c2c1.OB(O)c1c2ccccc2c(-c2ccc(-c3ccccc3)c3ccccc23)c2ccccc12.c1ccc(-c2ccc(-c3c4ccccc4c(-c4ccc5ccc6ccccc6c5c4)c4ccccc34)c3ccccc23)cc1. The van der Waals surface area contributed by atoms with Crippen LogP contribution in [0.4, 0.5) is 0 Å². The van der Waals surface area contributed by atoms with Crippen LogP contribution in [0, 0.1) is 0 Å². The van der Waals surface area contributed by atoms with Crippen LogP contribution in [0.1, 0.15) is 0 Å². The zero-order chi connectivity index (χ0) is 61.7. The van der Waals surface area contributed by atoms with E-state index in [2.05, 4.69) is 313 Å². The summed E-state index contributed by atoms with van der Waals surface area (Å²) >= 11 is 3.52. The molecule has 18 aromatic carbocycles. The number of rotatable bonds is 6. The minimum atomic E-state index is -1.55. The molecule has 432 valence electrons. The second-order valence-corrected chi connectivity index (χ2v) is 24.5. The molecule has 0 saturated carbocycles. The van der Waals surface area contributed by atoms with Crippen LogP contribution in [0.25, 0.3) is 163 Å². The fraction of sp³-hybridized carbons (Fsp3) is 0. The zero-order valence-electron chi connectivity index (χ0n) is 50.2. The molecule has 18 aromatic rings. The Morgan fingerprint density at radius 3 is 0.891 bits per heavy atom. The molecule has 0 aliphatic rings. The van der Waals surface area contributed by atoms with Crippen molar-refractivity contribution in [3.8, 4) is 55.6 Å². The number of benzene rings is 18. The van der Waals surface area contributed by atoms with E-state index in [9.17, 15) is 10.0 Å². The van der Waals surface area contributed by atoms with E-state index in [-0.39, 0.29) is 0 Å². The Hall–Kier alpha value is -11.0. The predicted octanol–water partition coefficient (Wildman–Crippen LogP) is 23.4. The fourth-order valence-electron chi connectivity index (χ4n) is 14.4. The lowest BCUT2D eigenvalue weighted by atomic mass is 9.72. The van der Waals surface area contributed by atoms with Gasteiger partial charge in [-0.1, -0.05) is 337 Å². The van der Waals surface area contributed by atoms with Gasteiger partial charge in [-0.05, 0) is 187 Å². The van der Waals surface area contributed by atoms with Crippen molar-refractivity contribution in [3.05, 3.63) is 344 Å². The third kappa shape index (κ3) is 10.0. The second kappa shape index (κ2) is 24.1. The van der Waals surface area contributed by atoms with Crippen LogP contribution in [0.15, 0.2) is 344 Å². The Balaban J connectivity index is 0.000000123. The van der Waals surface area contributed by atoms with Crippen LogP contribution in [0.3, 0.4) is 0 Å². The molecule has 0 atom stereocenters. The van der Waals surface area contributed by atoms with E-state index >= 15 is 0 Å². The number of halogens is 1. The first-order valence-corrected chi connectivity index (χ1v) is 32.1. The first kappa shape index (κ1) is 56.3. The molecule has 2 nitrogen and oxygen atoms in total. The summed E-state index contributed by atoms with van der Waals surface area (Å²) in [5.74, 6) is 0. The van der Waals surface area contributed by atoms with Gasteiger partial charge in [0.2, 0.25) is 0 Å². The minimum Gasteiger partial charge on any atom is -0.423 e. The highest BCUT2D eigenvalue weighted by Gasteiger charge is 2.24. The van der Waals surface area contributed by atoms with Gasteiger partial charge in [0.25, 0.3) is 0 Å². The zero-order valence-corrected chi connectivity index (χ0v) is 51.8.